The van der Waals surface area contributed by atoms with E-state index in [1.54, 1.807) is 19.2 Å². The SMILES string of the molecule is CN=C(NCCCOC1CCCCC1)NCCNC(=O)Cc1cccc(F)c1. The number of aliphatic imine (C=N–C) groups is 1. The van der Waals surface area contributed by atoms with Crippen molar-refractivity contribution in [1.29, 1.82) is 0 Å². The molecule has 0 aliphatic heterocycles. The number of nitrogens with zero attached hydrogens (tertiary/aromatic N) is 1. The van der Waals surface area contributed by atoms with Gasteiger partial charge >= 0.3 is 0 Å². The van der Waals surface area contributed by atoms with Gasteiger partial charge in [0.25, 0.3) is 0 Å². The predicted molar refractivity (Wildman–Crippen MR) is 110 cm³/mol. The van der Waals surface area contributed by atoms with Gasteiger partial charge in [-0.1, -0.05) is 31.4 Å². The minimum absolute atomic E-state index is 0.129. The highest BCUT2D eigenvalue weighted by molar-refractivity contribution is 5.80. The van der Waals surface area contributed by atoms with Gasteiger partial charge in [-0.3, -0.25) is 9.79 Å². The molecule has 1 aliphatic carbocycles. The molecular formula is C21H33FN4O2. The number of hydrogen-bond acceptors (Lipinski definition) is 3. The first-order valence-corrected chi connectivity index (χ1v) is 10.2. The first-order chi connectivity index (χ1) is 13.7. The van der Waals surface area contributed by atoms with Gasteiger partial charge in [-0.25, -0.2) is 4.39 Å². The van der Waals surface area contributed by atoms with Gasteiger partial charge in [-0.05, 0) is 37.0 Å². The third-order valence-electron chi connectivity index (χ3n) is 4.74. The van der Waals surface area contributed by atoms with E-state index in [2.05, 4.69) is 20.9 Å². The second kappa shape index (κ2) is 13.1. The minimum Gasteiger partial charge on any atom is -0.378 e. The summed E-state index contributed by atoms with van der Waals surface area (Å²) in [4.78, 5) is 16.1. The Bertz CT molecular complexity index is 618. The quantitative estimate of drug-likeness (QED) is 0.325. The van der Waals surface area contributed by atoms with Crippen LogP contribution in [0.5, 0.6) is 0 Å². The number of carbonyl (C=O) groups is 1. The molecule has 0 radical (unpaired) electrons. The Kier molecular flexibility index (Phi) is 10.4. The predicted octanol–water partition coefficient (Wildman–Crippen LogP) is 2.39. The Morgan fingerprint density at radius 1 is 1.14 bits per heavy atom. The molecule has 0 aromatic heterocycles. The number of guanidine groups is 1. The van der Waals surface area contributed by atoms with E-state index >= 15 is 0 Å². The van der Waals surface area contributed by atoms with Crippen LogP contribution in [0.15, 0.2) is 29.3 Å². The van der Waals surface area contributed by atoms with Crippen molar-refractivity contribution in [1.82, 2.24) is 16.0 Å². The van der Waals surface area contributed by atoms with Crippen LogP contribution >= 0.6 is 0 Å². The van der Waals surface area contributed by atoms with E-state index in [1.165, 1.54) is 44.2 Å². The smallest absolute Gasteiger partial charge is 0.224 e. The van der Waals surface area contributed by atoms with Crippen molar-refractivity contribution in [2.24, 2.45) is 4.99 Å². The first kappa shape index (κ1) is 22.1. The largest absolute Gasteiger partial charge is 0.378 e. The second-order valence-electron chi connectivity index (χ2n) is 7.07. The molecule has 1 amide bonds. The van der Waals surface area contributed by atoms with E-state index in [9.17, 15) is 9.18 Å². The number of ether oxygens (including phenoxy) is 1. The Balaban J connectivity index is 1.50. The zero-order valence-corrected chi connectivity index (χ0v) is 16.8. The van der Waals surface area contributed by atoms with Crippen LogP contribution < -0.4 is 16.0 Å². The summed E-state index contributed by atoms with van der Waals surface area (Å²) < 4.78 is 19.0. The summed E-state index contributed by atoms with van der Waals surface area (Å²) >= 11 is 0. The molecule has 1 aliphatic rings. The van der Waals surface area contributed by atoms with Gasteiger partial charge in [-0.15, -0.1) is 0 Å². The Hall–Kier alpha value is -2.15. The highest BCUT2D eigenvalue weighted by Gasteiger charge is 2.13. The van der Waals surface area contributed by atoms with Gasteiger partial charge in [0.2, 0.25) is 5.91 Å². The van der Waals surface area contributed by atoms with Crippen LogP contribution in [0.4, 0.5) is 4.39 Å². The van der Waals surface area contributed by atoms with Crippen LogP contribution in [0.2, 0.25) is 0 Å². The number of rotatable bonds is 10. The third kappa shape index (κ3) is 9.17. The number of halogens is 1. The normalized spacial score (nSPS) is 15.3. The van der Waals surface area contributed by atoms with Crippen LogP contribution in [0, 0.1) is 5.82 Å². The summed E-state index contributed by atoms with van der Waals surface area (Å²) in [7, 11) is 1.72. The fourth-order valence-corrected chi connectivity index (χ4v) is 3.26. The zero-order chi connectivity index (χ0) is 20.0. The average Bonchev–Trinajstić information content (AvgIpc) is 2.70. The molecule has 0 saturated heterocycles. The van der Waals surface area contributed by atoms with E-state index in [-0.39, 0.29) is 18.1 Å². The van der Waals surface area contributed by atoms with Crippen LogP contribution in [-0.4, -0.2) is 51.3 Å². The molecule has 0 bridgehead atoms. The standard InChI is InChI=1S/C21H33FN4O2/c1-23-21(25-11-6-14-28-19-9-3-2-4-10-19)26-13-12-24-20(27)16-17-7-5-8-18(22)15-17/h5,7-8,15,19H,2-4,6,9-14,16H2,1H3,(H,24,27)(H2,23,25,26). The lowest BCUT2D eigenvalue weighted by atomic mass is 9.98. The lowest BCUT2D eigenvalue weighted by Crippen LogP contribution is -2.42. The molecule has 2 rings (SSSR count). The van der Waals surface area contributed by atoms with Crippen LogP contribution in [0.1, 0.15) is 44.1 Å². The van der Waals surface area contributed by atoms with Crippen molar-refractivity contribution in [3.8, 4) is 0 Å². The summed E-state index contributed by atoms with van der Waals surface area (Å²) in [6, 6.07) is 6.09. The van der Waals surface area contributed by atoms with E-state index in [0.717, 1.165) is 19.6 Å². The Morgan fingerprint density at radius 2 is 1.89 bits per heavy atom. The fourth-order valence-electron chi connectivity index (χ4n) is 3.26. The molecule has 156 valence electrons. The van der Waals surface area contributed by atoms with Crippen molar-refractivity contribution in [3.05, 3.63) is 35.6 Å². The van der Waals surface area contributed by atoms with Gasteiger partial charge in [0.05, 0.1) is 12.5 Å². The monoisotopic (exact) mass is 392 g/mol. The Labute approximate surface area is 167 Å². The molecule has 6 nitrogen and oxygen atoms in total. The van der Waals surface area contributed by atoms with Crippen molar-refractivity contribution < 1.29 is 13.9 Å². The fraction of sp³-hybridized carbons (Fsp3) is 0.619. The van der Waals surface area contributed by atoms with E-state index in [4.69, 9.17) is 4.74 Å². The minimum atomic E-state index is -0.328. The average molecular weight is 393 g/mol. The molecule has 1 saturated carbocycles. The lowest BCUT2D eigenvalue weighted by molar-refractivity contribution is -0.120. The molecule has 3 N–H and O–H groups in total. The molecule has 0 unspecified atom stereocenters. The molecule has 1 fully saturated rings. The number of hydrogen-bond donors (Lipinski definition) is 3. The van der Waals surface area contributed by atoms with Crippen molar-refractivity contribution in [2.75, 3.05) is 33.3 Å². The van der Waals surface area contributed by atoms with Gasteiger partial charge < -0.3 is 20.7 Å². The van der Waals surface area contributed by atoms with Gasteiger partial charge in [0.1, 0.15) is 5.82 Å². The third-order valence-corrected chi connectivity index (χ3v) is 4.74. The van der Waals surface area contributed by atoms with Gasteiger partial charge in [-0.2, -0.15) is 0 Å². The number of carbonyl (C=O) groups excluding carboxylic acids is 1. The second-order valence-corrected chi connectivity index (χ2v) is 7.07. The maximum absolute atomic E-state index is 13.1. The summed E-state index contributed by atoms with van der Waals surface area (Å²) in [6.07, 6.45) is 7.86. The molecular weight excluding hydrogens is 359 g/mol. The molecule has 28 heavy (non-hydrogen) atoms. The summed E-state index contributed by atoms with van der Waals surface area (Å²) in [5, 5.41) is 9.22. The van der Waals surface area contributed by atoms with E-state index < -0.39 is 0 Å². The first-order valence-electron chi connectivity index (χ1n) is 10.2. The maximum Gasteiger partial charge on any atom is 0.224 e. The van der Waals surface area contributed by atoms with Gasteiger partial charge in [0.15, 0.2) is 5.96 Å². The maximum atomic E-state index is 13.1. The molecule has 1 aromatic carbocycles. The lowest BCUT2D eigenvalue weighted by Gasteiger charge is -2.22. The molecule has 0 atom stereocenters. The molecule has 7 heteroatoms. The van der Waals surface area contributed by atoms with Crippen LogP contribution in [0.25, 0.3) is 0 Å². The highest BCUT2D eigenvalue weighted by Crippen LogP contribution is 2.20. The summed E-state index contributed by atoms with van der Waals surface area (Å²) in [5.41, 5.74) is 0.665. The van der Waals surface area contributed by atoms with Crippen molar-refractivity contribution in [3.63, 3.8) is 0 Å². The Morgan fingerprint density at radius 3 is 2.64 bits per heavy atom. The highest BCUT2D eigenvalue weighted by atomic mass is 19.1. The van der Waals surface area contributed by atoms with Crippen molar-refractivity contribution in [2.45, 2.75) is 51.0 Å². The number of benzene rings is 1. The summed E-state index contributed by atoms with van der Waals surface area (Å²) in [5.74, 6) is 0.248. The summed E-state index contributed by atoms with van der Waals surface area (Å²) in [6.45, 7) is 2.59. The van der Waals surface area contributed by atoms with Gasteiger partial charge in [0, 0.05) is 33.3 Å². The topological polar surface area (TPSA) is 74.8 Å². The van der Waals surface area contributed by atoms with Crippen LogP contribution in [0.3, 0.4) is 0 Å². The molecule has 0 spiro atoms. The van der Waals surface area contributed by atoms with E-state index in [0.29, 0.717) is 30.7 Å². The van der Waals surface area contributed by atoms with Crippen LogP contribution in [-0.2, 0) is 16.0 Å². The molecule has 0 heterocycles. The zero-order valence-electron chi connectivity index (χ0n) is 16.8. The van der Waals surface area contributed by atoms with E-state index in [1.807, 2.05) is 0 Å². The number of amides is 1. The number of nitrogens with one attached hydrogen (secondary N) is 3. The van der Waals surface area contributed by atoms with Crippen molar-refractivity contribution >= 4 is 11.9 Å². The molecule has 1 aromatic rings.